The van der Waals surface area contributed by atoms with Crippen LogP contribution in [0.1, 0.15) is 0 Å². The number of nitrogens with zero attached hydrogens (tertiary/aromatic N) is 1. The minimum Gasteiger partial charge on any atom is -0.479 e. The fourth-order valence-electron chi connectivity index (χ4n) is 1.14. The molecule has 0 saturated carbocycles. The van der Waals surface area contributed by atoms with Crippen molar-refractivity contribution in [2.24, 2.45) is 0 Å². The lowest BCUT2D eigenvalue weighted by molar-refractivity contribution is -0.144. The standard InChI is InChI=1S/C7H12N2O6S/c10-6(11)5-15-8-7(12)9-1-3-16(13,14)4-2-9/h1-5H2,(H,8,12)(H,10,11). The molecule has 0 radical (unpaired) electrons. The second kappa shape index (κ2) is 5.12. The topological polar surface area (TPSA) is 113 Å². The Morgan fingerprint density at radius 1 is 1.31 bits per heavy atom. The minimum absolute atomic E-state index is 0.0840. The third-order valence-corrected chi connectivity index (χ3v) is 3.60. The second-order valence-electron chi connectivity index (χ2n) is 3.23. The van der Waals surface area contributed by atoms with Gasteiger partial charge in [-0.15, -0.1) is 0 Å². The predicted molar refractivity (Wildman–Crippen MR) is 52.3 cm³/mol. The van der Waals surface area contributed by atoms with Crippen molar-refractivity contribution in [2.45, 2.75) is 0 Å². The van der Waals surface area contributed by atoms with Crippen LogP contribution in [-0.4, -0.2) is 61.6 Å². The van der Waals surface area contributed by atoms with Crippen molar-refractivity contribution in [3.63, 3.8) is 0 Å². The summed E-state index contributed by atoms with van der Waals surface area (Å²) in [5.74, 6) is -1.37. The van der Waals surface area contributed by atoms with Gasteiger partial charge >= 0.3 is 12.0 Å². The first-order chi connectivity index (χ1) is 7.41. The molecule has 92 valence electrons. The van der Waals surface area contributed by atoms with E-state index in [2.05, 4.69) is 4.84 Å². The lowest BCUT2D eigenvalue weighted by Crippen LogP contribution is -2.48. The van der Waals surface area contributed by atoms with E-state index in [1.165, 1.54) is 4.90 Å². The normalized spacial score (nSPS) is 19.1. The molecule has 1 aliphatic heterocycles. The van der Waals surface area contributed by atoms with Crippen molar-refractivity contribution in [1.29, 1.82) is 0 Å². The maximum atomic E-state index is 11.3. The number of rotatable bonds is 3. The Morgan fingerprint density at radius 3 is 2.38 bits per heavy atom. The Balaban J connectivity index is 2.31. The molecule has 0 atom stereocenters. The fourth-order valence-corrected chi connectivity index (χ4v) is 2.34. The number of hydroxylamine groups is 1. The zero-order valence-electron chi connectivity index (χ0n) is 8.38. The number of carboxylic acid groups (broad SMARTS) is 1. The van der Waals surface area contributed by atoms with Crippen molar-refractivity contribution in [1.82, 2.24) is 10.4 Å². The number of carbonyl (C=O) groups excluding carboxylic acids is 1. The molecule has 1 fully saturated rings. The summed E-state index contributed by atoms with van der Waals surface area (Å²) < 4.78 is 22.1. The first kappa shape index (κ1) is 12.7. The minimum atomic E-state index is -3.04. The van der Waals surface area contributed by atoms with Gasteiger partial charge in [-0.3, -0.25) is 4.84 Å². The van der Waals surface area contributed by atoms with Gasteiger partial charge in [0.15, 0.2) is 16.4 Å². The number of nitrogens with one attached hydrogen (secondary N) is 1. The Kier molecular flexibility index (Phi) is 4.07. The van der Waals surface area contributed by atoms with Crippen LogP contribution < -0.4 is 5.48 Å². The van der Waals surface area contributed by atoms with Crippen molar-refractivity contribution < 1.29 is 28.0 Å². The highest BCUT2D eigenvalue weighted by atomic mass is 32.2. The van der Waals surface area contributed by atoms with Crippen LogP contribution in [-0.2, 0) is 19.5 Å². The highest BCUT2D eigenvalue weighted by Crippen LogP contribution is 2.03. The van der Waals surface area contributed by atoms with E-state index < -0.39 is 28.4 Å². The maximum absolute atomic E-state index is 11.3. The van der Waals surface area contributed by atoms with E-state index in [9.17, 15) is 18.0 Å². The number of urea groups is 1. The summed E-state index contributed by atoms with van der Waals surface area (Å²) in [7, 11) is -3.04. The second-order valence-corrected chi connectivity index (χ2v) is 5.53. The van der Waals surface area contributed by atoms with Crippen molar-refractivity contribution in [2.75, 3.05) is 31.2 Å². The quantitative estimate of drug-likeness (QED) is 0.587. The van der Waals surface area contributed by atoms with E-state index in [1.54, 1.807) is 0 Å². The molecule has 16 heavy (non-hydrogen) atoms. The molecule has 2 N–H and O–H groups in total. The van der Waals surface area contributed by atoms with Gasteiger partial charge in [0.25, 0.3) is 0 Å². The largest absolute Gasteiger partial charge is 0.479 e. The summed E-state index contributed by atoms with van der Waals surface area (Å²) >= 11 is 0. The average molecular weight is 252 g/mol. The van der Waals surface area contributed by atoms with Crippen LogP contribution in [0.5, 0.6) is 0 Å². The molecular formula is C7H12N2O6S. The number of hydrogen-bond acceptors (Lipinski definition) is 5. The van der Waals surface area contributed by atoms with Gasteiger partial charge in [-0.2, -0.15) is 0 Å². The molecule has 1 saturated heterocycles. The molecule has 2 amide bonds. The molecular weight excluding hydrogens is 240 g/mol. The predicted octanol–water partition coefficient (Wildman–Crippen LogP) is -1.56. The van der Waals surface area contributed by atoms with Gasteiger partial charge in [-0.1, -0.05) is 0 Å². The zero-order valence-corrected chi connectivity index (χ0v) is 9.20. The lowest BCUT2D eigenvalue weighted by Gasteiger charge is -2.26. The summed E-state index contributed by atoms with van der Waals surface area (Å²) in [5, 5.41) is 8.24. The summed E-state index contributed by atoms with van der Waals surface area (Å²) in [5.41, 5.74) is 1.92. The van der Waals surface area contributed by atoms with Crippen LogP contribution in [0.4, 0.5) is 4.79 Å². The van der Waals surface area contributed by atoms with Gasteiger partial charge in [0.05, 0.1) is 11.5 Å². The number of carboxylic acids is 1. The fraction of sp³-hybridized carbons (Fsp3) is 0.714. The van der Waals surface area contributed by atoms with Crippen LogP contribution in [0.25, 0.3) is 0 Å². The SMILES string of the molecule is O=C(O)CONC(=O)N1CCS(=O)(=O)CC1. The number of amides is 2. The van der Waals surface area contributed by atoms with E-state index in [0.717, 1.165) is 0 Å². The molecule has 9 heteroatoms. The van der Waals surface area contributed by atoms with Gasteiger partial charge in [-0.05, 0) is 0 Å². The summed E-state index contributed by atoms with van der Waals surface area (Å²) in [4.78, 5) is 27.0. The van der Waals surface area contributed by atoms with Crippen molar-refractivity contribution in [3.05, 3.63) is 0 Å². The summed E-state index contributed by atoms with van der Waals surface area (Å²) in [6.45, 7) is -0.465. The third-order valence-electron chi connectivity index (χ3n) is 1.99. The van der Waals surface area contributed by atoms with Crippen LogP contribution in [0, 0.1) is 0 Å². The molecule has 0 bridgehead atoms. The van der Waals surface area contributed by atoms with Gasteiger partial charge in [0.1, 0.15) is 0 Å². The van der Waals surface area contributed by atoms with Gasteiger partial charge in [-0.25, -0.2) is 23.5 Å². The molecule has 0 aromatic carbocycles. The highest BCUT2D eigenvalue weighted by Gasteiger charge is 2.24. The Bertz CT molecular complexity index is 364. The van der Waals surface area contributed by atoms with E-state index in [-0.39, 0.29) is 24.6 Å². The molecule has 1 heterocycles. The molecule has 0 unspecified atom stereocenters. The first-order valence-electron chi connectivity index (χ1n) is 4.49. The maximum Gasteiger partial charge on any atom is 0.341 e. The lowest BCUT2D eigenvalue weighted by atomic mass is 10.5. The summed E-state index contributed by atoms with van der Waals surface area (Å²) in [6.07, 6.45) is 0. The highest BCUT2D eigenvalue weighted by molar-refractivity contribution is 7.91. The third kappa shape index (κ3) is 4.03. The van der Waals surface area contributed by atoms with Crippen molar-refractivity contribution >= 4 is 21.8 Å². The van der Waals surface area contributed by atoms with E-state index in [1.807, 2.05) is 5.48 Å². The Hall–Kier alpha value is -1.35. The molecule has 0 aliphatic carbocycles. The van der Waals surface area contributed by atoms with Gasteiger partial charge < -0.3 is 10.0 Å². The molecule has 0 aromatic heterocycles. The van der Waals surface area contributed by atoms with Gasteiger partial charge in [0, 0.05) is 13.1 Å². The Morgan fingerprint density at radius 2 is 1.88 bits per heavy atom. The monoisotopic (exact) mass is 252 g/mol. The van der Waals surface area contributed by atoms with Crippen LogP contribution in [0.3, 0.4) is 0 Å². The Labute approximate surface area is 92.0 Å². The van der Waals surface area contributed by atoms with E-state index >= 15 is 0 Å². The zero-order chi connectivity index (χ0) is 12.2. The molecule has 1 aliphatic rings. The van der Waals surface area contributed by atoms with Gasteiger partial charge in [0.2, 0.25) is 0 Å². The average Bonchev–Trinajstić information content (AvgIpc) is 2.16. The molecule has 0 spiro atoms. The van der Waals surface area contributed by atoms with Crippen LogP contribution in [0.2, 0.25) is 0 Å². The van der Waals surface area contributed by atoms with Crippen molar-refractivity contribution in [3.8, 4) is 0 Å². The number of sulfone groups is 1. The van der Waals surface area contributed by atoms with Crippen LogP contribution in [0.15, 0.2) is 0 Å². The number of hydrogen-bond donors (Lipinski definition) is 2. The molecule has 1 rings (SSSR count). The van der Waals surface area contributed by atoms with E-state index in [0.29, 0.717) is 0 Å². The first-order valence-corrected chi connectivity index (χ1v) is 6.32. The van der Waals surface area contributed by atoms with Crippen LogP contribution >= 0.6 is 0 Å². The molecule has 8 nitrogen and oxygen atoms in total. The van der Waals surface area contributed by atoms with E-state index in [4.69, 9.17) is 5.11 Å². The number of aliphatic carboxylic acids is 1. The summed E-state index contributed by atoms with van der Waals surface area (Å²) in [6, 6.07) is -0.629. The molecule has 0 aromatic rings. The number of carbonyl (C=O) groups is 2. The smallest absolute Gasteiger partial charge is 0.341 e.